The molecule has 2 aromatic carbocycles. The van der Waals surface area contributed by atoms with Gasteiger partial charge < -0.3 is 9.88 Å². The molecule has 0 saturated carbocycles. The van der Waals surface area contributed by atoms with E-state index in [9.17, 15) is 4.79 Å². The van der Waals surface area contributed by atoms with Crippen LogP contribution in [0.3, 0.4) is 0 Å². The van der Waals surface area contributed by atoms with E-state index < -0.39 is 0 Å². The largest absolute Gasteiger partial charge is 0.330 e. The van der Waals surface area contributed by atoms with Crippen LogP contribution in [0.25, 0.3) is 0 Å². The van der Waals surface area contributed by atoms with E-state index in [1.54, 1.807) is 0 Å². The molecule has 4 rings (SSSR count). The van der Waals surface area contributed by atoms with Crippen molar-refractivity contribution in [1.29, 1.82) is 0 Å². The van der Waals surface area contributed by atoms with Crippen LogP contribution in [-0.4, -0.2) is 33.4 Å². The lowest BCUT2D eigenvalue weighted by Gasteiger charge is -2.32. The molecule has 0 unspecified atom stereocenters. The molecule has 0 radical (unpaired) electrons. The number of amides is 1. The lowest BCUT2D eigenvalue weighted by molar-refractivity contribution is -0.114. The van der Waals surface area contributed by atoms with E-state index in [1.165, 1.54) is 29.4 Å². The highest BCUT2D eigenvalue weighted by Crippen LogP contribution is 2.28. The van der Waals surface area contributed by atoms with Gasteiger partial charge in [0, 0.05) is 44.0 Å². The number of benzene rings is 2. The van der Waals surface area contributed by atoms with Crippen molar-refractivity contribution < 1.29 is 4.79 Å². The van der Waals surface area contributed by atoms with Crippen LogP contribution in [0.2, 0.25) is 0 Å². The number of hydrogen-bond acceptors (Lipinski definition) is 3. The van der Waals surface area contributed by atoms with Gasteiger partial charge in [0.05, 0.1) is 0 Å². The molecule has 32 heavy (non-hydrogen) atoms. The van der Waals surface area contributed by atoms with E-state index >= 15 is 0 Å². The molecule has 0 bridgehead atoms. The van der Waals surface area contributed by atoms with Crippen LogP contribution >= 0.6 is 0 Å². The zero-order chi connectivity index (χ0) is 22.5. The summed E-state index contributed by atoms with van der Waals surface area (Å²) >= 11 is 0. The van der Waals surface area contributed by atoms with Crippen LogP contribution in [-0.2, 0) is 17.9 Å². The summed E-state index contributed by atoms with van der Waals surface area (Å²) in [6.45, 7) is 9.98. The Hall–Kier alpha value is -2.92. The fraction of sp³-hybridized carbons (Fsp3) is 0.407. The van der Waals surface area contributed by atoms with Crippen molar-refractivity contribution in [3.8, 4) is 0 Å². The molecule has 5 heteroatoms. The quantitative estimate of drug-likeness (QED) is 0.546. The van der Waals surface area contributed by atoms with Gasteiger partial charge in [0.25, 0.3) is 0 Å². The standard InChI is InChI=1S/C27H34N4O/c1-20(2)24-8-4-23(5-9-24)19-31-17-14-28-27(31)25-12-15-30(16-13-25)18-22-6-10-26(11-7-22)29-21(3)32/h4-11,14,17,20,25H,12-13,15-16,18-19H2,1-3H3,(H,29,32). The van der Waals surface area contributed by atoms with Gasteiger partial charge >= 0.3 is 0 Å². The Morgan fingerprint density at radius 1 is 1.00 bits per heavy atom. The van der Waals surface area contributed by atoms with E-state index in [2.05, 4.69) is 71.2 Å². The average Bonchev–Trinajstić information content (AvgIpc) is 3.24. The molecule has 0 aliphatic carbocycles. The Morgan fingerprint density at radius 2 is 1.62 bits per heavy atom. The number of rotatable bonds is 7. The van der Waals surface area contributed by atoms with E-state index in [0.29, 0.717) is 11.8 Å². The second-order valence-electron chi connectivity index (χ2n) is 9.24. The van der Waals surface area contributed by atoms with Crippen molar-refractivity contribution in [2.24, 2.45) is 0 Å². The third kappa shape index (κ3) is 5.65. The van der Waals surface area contributed by atoms with Crippen LogP contribution in [0, 0.1) is 0 Å². The van der Waals surface area contributed by atoms with E-state index in [0.717, 1.165) is 44.7 Å². The second-order valence-corrected chi connectivity index (χ2v) is 9.24. The number of nitrogens with one attached hydrogen (secondary N) is 1. The van der Waals surface area contributed by atoms with Crippen molar-refractivity contribution in [2.75, 3.05) is 18.4 Å². The summed E-state index contributed by atoms with van der Waals surface area (Å²) in [4.78, 5) is 18.4. The SMILES string of the molecule is CC(=O)Nc1ccc(CN2CCC(c3nccn3Cc3ccc(C(C)C)cc3)CC2)cc1. The Bertz CT molecular complexity index is 1010. The monoisotopic (exact) mass is 430 g/mol. The van der Waals surface area contributed by atoms with Gasteiger partial charge in [-0.2, -0.15) is 0 Å². The molecule has 2 heterocycles. The number of likely N-dealkylation sites (tertiary alicyclic amines) is 1. The first-order valence-electron chi connectivity index (χ1n) is 11.7. The van der Waals surface area contributed by atoms with Crippen molar-refractivity contribution in [3.63, 3.8) is 0 Å². The lowest BCUT2D eigenvalue weighted by atomic mass is 9.95. The van der Waals surface area contributed by atoms with Gasteiger partial charge in [0.1, 0.15) is 5.82 Å². The minimum absolute atomic E-state index is 0.0363. The fourth-order valence-electron chi connectivity index (χ4n) is 4.52. The molecule has 1 N–H and O–H groups in total. The normalized spacial score (nSPS) is 15.2. The highest BCUT2D eigenvalue weighted by molar-refractivity contribution is 5.88. The maximum Gasteiger partial charge on any atom is 0.221 e. The number of hydrogen-bond donors (Lipinski definition) is 1. The van der Waals surface area contributed by atoms with Crippen LogP contribution in [0.4, 0.5) is 5.69 Å². The molecule has 168 valence electrons. The van der Waals surface area contributed by atoms with Crippen LogP contribution in [0.5, 0.6) is 0 Å². The molecule has 5 nitrogen and oxygen atoms in total. The maximum absolute atomic E-state index is 11.2. The number of nitrogens with zero attached hydrogens (tertiary/aromatic N) is 3. The Morgan fingerprint density at radius 3 is 2.25 bits per heavy atom. The van der Waals surface area contributed by atoms with E-state index in [-0.39, 0.29) is 5.91 Å². The van der Waals surface area contributed by atoms with E-state index in [4.69, 9.17) is 4.98 Å². The molecular weight excluding hydrogens is 396 g/mol. The van der Waals surface area contributed by atoms with Gasteiger partial charge in [-0.1, -0.05) is 50.2 Å². The van der Waals surface area contributed by atoms with Gasteiger partial charge in [-0.3, -0.25) is 9.69 Å². The van der Waals surface area contributed by atoms with Crippen molar-refractivity contribution in [3.05, 3.63) is 83.4 Å². The smallest absolute Gasteiger partial charge is 0.221 e. The van der Waals surface area contributed by atoms with Gasteiger partial charge in [0.15, 0.2) is 0 Å². The lowest BCUT2D eigenvalue weighted by Crippen LogP contribution is -2.33. The summed E-state index contributed by atoms with van der Waals surface area (Å²) in [5.74, 6) is 2.26. The molecule has 1 fully saturated rings. The Balaban J connectivity index is 1.32. The summed E-state index contributed by atoms with van der Waals surface area (Å²) in [5.41, 5.74) is 4.85. The predicted octanol–water partition coefficient (Wildman–Crippen LogP) is 5.39. The van der Waals surface area contributed by atoms with Gasteiger partial charge in [-0.15, -0.1) is 0 Å². The van der Waals surface area contributed by atoms with Crippen molar-refractivity contribution in [2.45, 2.75) is 58.5 Å². The number of carbonyl (C=O) groups excluding carboxylic acids is 1. The molecule has 1 saturated heterocycles. The first-order chi connectivity index (χ1) is 15.5. The number of anilines is 1. The topological polar surface area (TPSA) is 50.2 Å². The van der Waals surface area contributed by atoms with Crippen LogP contribution in [0.15, 0.2) is 60.9 Å². The molecule has 0 spiro atoms. The van der Waals surface area contributed by atoms with Gasteiger partial charge in [-0.05, 0) is 60.7 Å². The minimum atomic E-state index is -0.0363. The Labute approximate surface area is 191 Å². The van der Waals surface area contributed by atoms with Crippen LogP contribution < -0.4 is 5.32 Å². The maximum atomic E-state index is 11.2. The molecular formula is C27H34N4O. The molecule has 1 aliphatic heterocycles. The van der Waals surface area contributed by atoms with Crippen LogP contribution in [0.1, 0.15) is 68.0 Å². The first-order valence-corrected chi connectivity index (χ1v) is 11.7. The highest BCUT2D eigenvalue weighted by Gasteiger charge is 2.24. The van der Waals surface area contributed by atoms with Gasteiger partial charge in [-0.25, -0.2) is 4.98 Å². The number of aromatic nitrogens is 2. The van der Waals surface area contributed by atoms with Gasteiger partial charge in [0.2, 0.25) is 5.91 Å². The zero-order valence-electron chi connectivity index (χ0n) is 19.4. The molecule has 1 aromatic heterocycles. The molecule has 3 aromatic rings. The number of imidazole rings is 1. The minimum Gasteiger partial charge on any atom is -0.330 e. The summed E-state index contributed by atoms with van der Waals surface area (Å²) in [5, 5.41) is 2.83. The summed E-state index contributed by atoms with van der Waals surface area (Å²) < 4.78 is 2.32. The van der Waals surface area contributed by atoms with Crippen molar-refractivity contribution >= 4 is 11.6 Å². The summed E-state index contributed by atoms with van der Waals surface area (Å²) in [7, 11) is 0. The highest BCUT2D eigenvalue weighted by atomic mass is 16.1. The third-order valence-electron chi connectivity index (χ3n) is 6.38. The summed E-state index contributed by atoms with van der Waals surface area (Å²) in [6.07, 6.45) is 6.33. The van der Waals surface area contributed by atoms with E-state index in [1.807, 2.05) is 18.3 Å². The first kappa shape index (κ1) is 22.3. The average molecular weight is 431 g/mol. The predicted molar refractivity (Wildman–Crippen MR) is 130 cm³/mol. The number of piperidine rings is 1. The fourth-order valence-corrected chi connectivity index (χ4v) is 4.52. The zero-order valence-corrected chi connectivity index (χ0v) is 19.4. The van der Waals surface area contributed by atoms with Crippen molar-refractivity contribution in [1.82, 2.24) is 14.5 Å². The third-order valence-corrected chi connectivity index (χ3v) is 6.38. The second kappa shape index (κ2) is 10.1. The molecule has 1 amide bonds. The number of carbonyl (C=O) groups is 1. The summed E-state index contributed by atoms with van der Waals surface area (Å²) in [6, 6.07) is 17.2. The molecule has 0 atom stereocenters. The molecule has 1 aliphatic rings. The Kier molecular flexibility index (Phi) is 7.05.